The molecule has 1 aliphatic carbocycles. The molecule has 1 fully saturated rings. The van der Waals surface area contributed by atoms with E-state index in [0.717, 1.165) is 42.4 Å². The van der Waals surface area contributed by atoms with Crippen molar-refractivity contribution in [2.75, 3.05) is 12.4 Å². The van der Waals surface area contributed by atoms with Crippen molar-refractivity contribution in [3.8, 4) is 5.75 Å². The maximum atomic E-state index is 13.0. The number of methoxy groups -OCH3 is 1. The quantitative estimate of drug-likeness (QED) is 0.543. The third kappa shape index (κ3) is 5.95. The third-order valence-corrected chi connectivity index (χ3v) is 7.49. The summed E-state index contributed by atoms with van der Waals surface area (Å²) in [7, 11) is -2.54. The maximum absolute atomic E-state index is 13.0. The first-order chi connectivity index (χ1) is 16.0. The summed E-state index contributed by atoms with van der Waals surface area (Å²) in [4.78, 5) is 25.3. The average Bonchev–Trinajstić information content (AvgIpc) is 3.27. The van der Waals surface area contributed by atoms with Crippen molar-refractivity contribution in [2.45, 2.75) is 70.4 Å². The second kappa shape index (κ2) is 10.6. The van der Waals surface area contributed by atoms with Crippen LogP contribution in [0.4, 0.5) is 5.69 Å². The van der Waals surface area contributed by atoms with E-state index in [-0.39, 0.29) is 22.3 Å². The predicted molar refractivity (Wildman–Crippen MR) is 130 cm³/mol. The molecule has 0 spiro atoms. The van der Waals surface area contributed by atoms with Crippen molar-refractivity contribution >= 4 is 27.6 Å². The lowest BCUT2D eigenvalue weighted by Crippen LogP contribution is -2.33. The number of aryl methyl sites for hydroxylation is 3. The fourth-order valence-corrected chi connectivity index (χ4v) is 5.72. The summed E-state index contributed by atoms with van der Waals surface area (Å²) < 4.78 is 39.2. The summed E-state index contributed by atoms with van der Waals surface area (Å²) in [6, 6.07) is 7.81. The Morgan fingerprint density at radius 3 is 2.24 bits per heavy atom. The fraction of sp³-hybridized carbons (Fsp3) is 0.440. The van der Waals surface area contributed by atoms with E-state index in [1.165, 1.54) is 32.2 Å². The van der Waals surface area contributed by atoms with Crippen molar-refractivity contribution < 1.29 is 27.5 Å². The summed E-state index contributed by atoms with van der Waals surface area (Å²) in [5.74, 6) is -1.16. The van der Waals surface area contributed by atoms with Gasteiger partial charge in [0.25, 0.3) is 5.91 Å². The summed E-state index contributed by atoms with van der Waals surface area (Å²) in [5.41, 5.74) is 3.58. The number of anilines is 1. The lowest BCUT2D eigenvalue weighted by Gasteiger charge is -2.18. The Morgan fingerprint density at radius 2 is 1.65 bits per heavy atom. The molecule has 1 atom stereocenters. The average molecular weight is 489 g/mol. The van der Waals surface area contributed by atoms with Crippen LogP contribution in [0.2, 0.25) is 0 Å². The molecule has 184 valence electrons. The molecule has 3 rings (SSSR count). The Morgan fingerprint density at radius 1 is 1.03 bits per heavy atom. The van der Waals surface area contributed by atoms with Gasteiger partial charge in [0.1, 0.15) is 10.6 Å². The van der Waals surface area contributed by atoms with Crippen LogP contribution >= 0.6 is 0 Å². The minimum absolute atomic E-state index is 0.00921. The number of ether oxygens (including phenoxy) is 2. The van der Waals surface area contributed by atoms with Crippen molar-refractivity contribution in [1.29, 1.82) is 0 Å². The van der Waals surface area contributed by atoms with Crippen molar-refractivity contribution in [3.63, 3.8) is 0 Å². The largest absolute Gasteiger partial charge is 0.495 e. The highest BCUT2D eigenvalue weighted by molar-refractivity contribution is 7.89. The van der Waals surface area contributed by atoms with E-state index >= 15 is 0 Å². The molecule has 0 bridgehead atoms. The topological polar surface area (TPSA) is 111 Å². The number of hydrogen-bond donors (Lipinski definition) is 2. The molecule has 0 saturated heterocycles. The Labute approximate surface area is 201 Å². The van der Waals surface area contributed by atoms with Crippen molar-refractivity contribution in [1.82, 2.24) is 4.72 Å². The SMILES string of the molecule is COc1ccc(C(=O)OC(C)C(=O)Nc2c(C)cc(C)cc2C)cc1S(=O)(=O)NC1CCCC1. The molecular formula is C25H32N2O6S. The lowest BCUT2D eigenvalue weighted by molar-refractivity contribution is -0.123. The summed E-state index contributed by atoms with van der Waals surface area (Å²) in [6.45, 7) is 7.23. The molecule has 0 aliphatic heterocycles. The highest BCUT2D eigenvalue weighted by Crippen LogP contribution is 2.28. The first-order valence-corrected chi connectivity index (χ1v) is 12.8. The number of benzene rings is 2. The van der Waals surface area contributed by atoms with Crippen LogP contribution in [-0.4, -0.2) is 39.5 Å². The van der Waals surface area contributed by atoms with Gasteiger partial charge in [0.15, 0.2) is 6.10 Å². The van der Waals surface area contributed by atoms with Gasteiger partial charge in [-0.3, -0.25) is 4.79 Å². The van der Waals surface area contributed by atoms with E-state index < -0.39 is 28.0 Å². The normalized spacial score (nSPS) is 15.1. The first kappa shape index (κ1) is 25.7. The molecule has 1 saturated carbocycles. The number of rotatable bonds is 8. The molecule has 8 nitrogen and oxygen atoms in total. The molecule has 1 aliphatic rings. The van der Waals surface area contributed by atoms with Gasteiger partial charge in [-0.05, 0) is 69.9 Å². The fourth-order valence-electron chi connectivity index (χ4n) is 4.22. The monoisotopic (exact) mass is 488 g/mol. The molecule has 2 N–H and O–H groups in total. The molecule has 1 unspecified atom stereocenters. The van der Waals surface area contributed by atoms with Crippen LogP contribution in [0.15, 0.2) is 35.2 Å². The van der Waals surface area contributed by atoms with Gasteiger partial charge in [-0.25, -0.2) is 17.9 Å². The molecule has 2 aromatic carbocycles. The van der Waals surface area contributed by atoms with Crippen LogP contribution in [0.25, 0.3) is 0 Å². The molecule has 0 aromatic heterocycles. The molecule has 34 heavy (non-hydrogen) atoms. The molecule has 2 aromatic rings. The van der Waals surface area contributed by atoms with Crippen LogP contribution in [0.3, 0.4) is 0 Å². The predicted octanol–water partition coefficient (Wildman–Crippen LogP) is 4.03. The van der Waals surface area contributed by atoms with Gasteiger partial charge in [0, 0.05) is 11.7 Å². The van der Waals surface area contributed by atoms with Gasteiger partial charge in [0.05, 0.1) is 12.7 Å². The number of amides is 1. The van der Waals surface area contributed by atoms with Crippen LogP contribution in [0.1, 0.15) is 59.7 Å². The highest BCUT2D eigenvalue weighted by Gasteiger charge is 2.28. The number of carbonyl (C=O) groups excluding carboxylic acids is 2. The zero-order chi connectivity index (χ0) is 25.0. The Hall–Kier alpha value is -2.91. The lowest BCUT2D eigenvalue weighted by atomic mass is 10.0. The molecular weight excluding hydrogens is 456 g/mol. The van der Waals surface area contributed by atoms with E-state index in [1.807, 2.05) is 32.9 Å². The zero-order valence-electron chi connectivity index (χ0n) is 20.2. The van der Waals surface area contributed by atoms with E-state index in [9.17, 15) is 18.0 Å². The number of nitrogens with one attached hydrogen (secondary N) is 2. The van der Waals surface area contributed by atoms with Crippen LogP contribution in [0.5, 0.6) is 5.75 Å². The van der Waals surface area contributed by atoms with Crippen molar-refractivity contribution in [2.24, 2.45) is 0 Å². The molecule has 1 amide bonds. The van der Waals surface area contributed by atoms with Crippen LogP contribution in [0, 0.1) is 20.8 Å². The minimum Gasteiger partial charge on any atom is -0.495 e. The Kier molecular flexibility index (Phi) is 7.99. The number of sulfonamides is 1. The van der Waals surface area contributed by atoms with Gasteiger partial charge in [-0.2, -0.15) is 0 Å². The van der Waals surface area contributed by atoms with Gasteiger partial charge in [0.2, 0.25) is 10.0 Å². The summed E-state index contributed by atoms with van der Waals surface area (Å²) >= 11 is 0. The Bertz CT molecular complexity index is 1160. The first-order valence-electron chi connectivity index (χ1n) is 11.3. The number of carbonyl (C=O) groups is 2. The van der Waals surface area contributed by atoms with Crippen LogP contribution in [-0.2, 0) is 19.6 Å². The molecule has 9 heteroatoms. The maximum Gasteiger partial charge on any atom is 0.338 e. The van der Waals surface area contributed by atoms with Crippen molar-refractivity contribution in [3.05, 3.63) is 52.6 Å². The van der Waals surface area contributed by atoms with Gasteiger partial charge in [-0.1, -0.05) is 30.5 Å². The Balaban J connectivity index is 1.75. The number of esters is 1. The standard InChI is InChI=1S/C25H32N2O6S/c1-15-12-16(2)23(17(3)13-15)26-24(28)18(4)33-25(29)19-10-11-21(32-5)22(14-19)34(30,31)27-20-8-6-7-9-20/h10-14,18,20,27H,6-9H2,1-5H3,(H,26,28). The van der Waals surface area contributed by atoms with E-state index in [1.54, 1.807) is 0 Å². The second-order valence-corrected chi connectivity index (χ2v) is 10.5. The second-order valence-electron chi connectivity index (χ2n) is 8.78. The zero-order valence-corrected chi connectivity index (χ0v) is 21.0. The van der Waals surface area contributed by atoms with E-state index in [4.69, 9.17) is 9.47 Å². The summed E-state index contributed by atoms with van der Waals surface area (Å²) in [5, 5.41) is 2.81. The molecule has 0 heterocycles. The summed E-state index contributed by atoms with van der Waals surface area (Å²) in [6.07, 6.45) is 2.40. The van der Waals surface area contributed by atoms with Gasteiger partial charge < -0.3 is 14.8 Å². The van der Waals surface area contributed by atoms with E-state index in [0.29, 0.717) is 5.69 Å². The van der Waals surface area contributed by atoms with E-state index in [2.05, 4.69) is 10.0 Å². The molecule has 0 radical (unpaired) electrons. The smallest absolute Gasteiger partial charge is 0.338 e. The van der Waals surface area contributed by atoms with Crippen LogP contribution < -0.4 is 14.8 Å². The number of hydrogen-bond acceptors (Lipinski definition) is 6. The highest BCUT2D eigenvalue weighted by atomic mass is 32.2. The minimum atomic E-state index is -3.90. The van der Waals surface area contributed by atoms with Gasteiger partial charge in [-0.15, -0.1) is 0 Å². The third-order valence-electron chi connectivity index (χ3n) is 5.94. The van der Waals surface area contributed by atoms with Gasteiger partial charge >= 0.3 is 5.97 Å².